The smallest absolute Gasteiger partial charge is 0.279 e. The van der Waals surface area contributed by atoms with Crippen molar-refractivity contribution < 1.29 is 19.1 Å². The second kappa shape index (κ2) is 10.3. The highest BCUT2D eigenvalue weighted by molar-refractivity contribution is 5.85. The van der Waals surface area contributed by atoms with E-state index in [1.807, 2.05) is 49.4 Å². The summed E-state index contributed by atoms with van der Waals surface area (Å²) in [7, 11) is 0. The number of aryl methyl sites for hydroxylation is 1. The number of nitrogens with one attached hydrogen (secondary N) is 2. The molecule has 0 saturated heterocycles. The molecule has 0 radical (unpaired) electrons. The maximum atomic E-state index is 12.1. The molecular formula is C22H28N2O4. The molecule has 0 heterocycles. The van der Waals surface area contributed by atoms with Crippen LogP contribution in [0.2, 0.25) is 0 Å². The lowest BCUT2D eigenvalue weighted by Crippen LogP contribution is -2.48. The summed E-state index contributed by atoms with van der Waals surface area (Å²) >= 11 is 0. The second-order valence-electron chi connectivity index (χ2n) is 6.70. The third kappa shape index (κ3) is 6.01. The van der Waals surface area contributed by atoms with Crippen LogP contribution in [0.4, 0.5) is 0 Å². The number of hydrogen-bond acceptors (Lipinski definition) is 4. The molecule has 2 rings (SSSR count). The van der Waals surface area contributed by atoms with Gasteiger partial charge in [-0.1, -0.05) is 50.2 Å². The van der Waals surface area contributed by atoms with E-state index in [0.29, 0.717) is 17.4 Å². The first kappa shape index (κ1) is 21.3. The predicted molar refractivity (Wildman–Crippen MR) is 108 cm³/mol. The molecule has 2 unspecified atom stereocenters. The number of para-hydroxylation sites is 2. The average Bonchev–Trinajstić information content (AvgIpc) is 2.71. The van der Waals surface area contributed by atoms with Crippen molar-refractivity contribution >= 4 is 11.8 Å². The summed E-state index contributed by atoms with van der Waals surface area (Å²) in [6.07, 6.45) is 0.218. The van der Waals surface area contributed by atoms with E-state index in [9.17, 15) is 9.59 Å². The van der Waals surface area contributed by atoms with Crippen LogP contribution in [-0.2, 0) is 9.59 Å². The maximum absolute atomic E-state index is 12.1. The summed E-state index contributed by atoms with van der Waals surface area (Å²) in [4.78, 5) is 24.1. The van der Waals surface area contributed by atoms with Gasteiger partial charge in [0.15, 0.2) is 12.7 Å². The SMILES string of the molecule is CCC(C)c1ccccc1OCC(=O)NNC(=O)C(C)Oc1ccccc1C. The first-order valence-corrected chi connectivity index (χ1v) is 9.45. The van der Waals surface area contributed by atoms with Gasteiger partial charge in [0.05, 0.1) is 0 Å². The van der Waals surface area contributed by atoms with Gasteiger partial charge in [0, 0.05) is 0 Å². The Labute approximate surface area is 166 Å². The summed E-state index contributed by atoms with van der Waals surface area (Å²) in [5, 5.41) is 0. The van der Waals surface area contributed by atoms with Gasteiger partial charge in [0.1, 0.15) is 11.5 Å². The highest BCUT2D eigenvalue weighted by Crippen LogP contribution is 2.28. The highest BCUT2D eigenvalue weighted by atomic mass is 16.5. The molecule has 0 aliphatic heterocycles. The lowest BCUT2D eigenvalue weighted by molar-refractivity contribution is -0.133. The van der Waals surface area contributed by atoms with E-state index in [1.54, 1.807) is 13.0 Å². The summed E-state index contributed by atoms with van der Waals surface area (Å²) in [5.74, 6) is 0.737. The number of benzene rings is 2. The van der Waals surface area contributed by atoms with Gasteiger partial charge in [-0.05, 0) is 49.4 Å². The zero-order valence-electron chi connectivity index (χ0n) is 16.8. The molecule has 0 bridgehead atoms. The van der Waals surface area contributed by atoms with Crippen LogP contribution in [0.25, 0.3) is 0 Å². The van der Waals surface area contributed by atoms with E-state index >= 15 is 0 Å². The van der Waals surface area contributed by atoms with Crippen LogP contribution in [0.15, 0.2) is 48.5 Å². The molecular weight excluding hydrogens is 356 g/mol. The Morgan fingerprint density at radius 2 is 1.61 bits per heavy atom. The minimum atomic E-state index is -0.756. The first-order valence-electron chi connectivity index (χ1n) is 9.45. The molecule has 0 aliphatic carbocycles. The van der Waals surface area contributed by atoms with Crippen molar-refractivity contribution in [2.45, 2.75) is 46.1 Å². The Kier molecular flexibility index (Phi) is 7.87. The molecule has 6 heteroatoms. The molecule has 0 spiro atoms. The molecule has 2 aromatic carbocycles. The summed E-state index contributed by atoms with van der Waals surface area (Å²) in [6, 6.07) is 15.1. The summed E-state index contributed by atoms with van der Waals surface area (Å²) in [5.41, 5.74) is 6.70. The topological polar surface area (TPSA) is 76.7 Å². The van der Waals surface area contributed by atoms with Gasteiger partial charge in [-0.25, -0.2) is 0 Å². The molecule has 2 aromatic rings. The Bertz CT molecular complexity index is 807. The molecule has 0 aliphatic rings. The van der Waals surface area contributed by atoms with Crippen molar-refractivity contribution in [2.75, 3.05) is 6.61 Å². The summed E-state index contributed by atoms with van der Waals surface area (Å²) in [6.45, 7) is 7.53. The van der Waals surface area contributed by atoms with Crippen LogP contribution in [0.5, 0.6) is 11.5 Å². The van der Waals surface area contributed by atoms with E-state index in [4.69, 9.17) is 9.47 Å². The third-order valence-corrected chi connectivity index (χ3v) is 4.51. The van der Waals surface area contributed by atoms with Crippen LogP contribution in [0.1, 0.15) is 44.2 Å². The number of carbonyl (C=O) groups is 2. The molecule has 150 valence electrons. The van der Waals surface area contributed by atoms with Crippen molar-refractivity contribution in [3.63, 3.8) is 0 Å². The van der Waals surface area contributed by atoms with E-state index in [1.165, 1.54) is 0 Å². The van der Waals surface area contributed by atoms with Crippen LogP contribution < -0.4 is 20.3 Å². The molecule has 2 atom stereocenters. The fourth-order valence-corrected chi connectivity index (χ4v) is 2.58. The zero-order valence-corrected chi connectivity index (χ0v) is 16.8. The average molecular weight is 384 g/mol. The van der Waals surface area contributed by atoms with Gasteiger partial charge in [-0.15, -0.1) is 0 Å². The molecule has 0 saturated carbocycles. The number of ether oxygens (including phenoxy) is 2. The van der Waals surface area contributed by atoms with Gasteiger partial charge in [-0.2, -0.15) is 0 Å². The number of hydrogen-bond donors (Lipinski definition) is 2. The Hall–Kier alpha value is -3.02. The Morgan fingerprint density at radius 1 is 0.964 bits per heavy atom. The molecule has 6 nitrogen and oxygen atoms in total. The number of carbonyl (C=O) groups excluding carboxylic acids is 2. The largest absolute Gasteiger partial charge is 0.483 e. The van der Waals surface area contributed by atoms with Crippen molar-refractivity contribution in [1.29, 1.82) is 0 Å². The number of hydrazine groups is 1. The van der Waals surface area contributed by atoms with Crippen molar-refractivity contribution in [3.8, 4) is 11.5 Å². The number of rotatable bonds is 8. The van der Waals surface area contributed by atoms with Crippen LogP contribution in [0, 0.1) is 6.92 Å². The van der Waals surface area contributed by atoms with Crippen molar-refractivity contribution in [3.05, 3.63) is 59.7 Å². The minimum absolute atomic E-state index is 0.194. The molecule has 28 heavy (non-hydrogen) atoms. The fourth-order valence-electron chi connectivity index (χ4n) is 2.58. The van der Waals surface area contributed by atoms with Crippen molar-refractivity contribution in [1.82, 2.24) is 10.9 Å². The highest BCUT2D eigenvalue weighted by Gasteiger charge is 2.17. The Balaban J connectivity index is 1.81. The van der Waals surface area contributed by atoms with E-state index in [-0.39, 0.29) is 6.61 Å². The normalized spacial score (nSPS) is 12.6. The maximum Gasteiger partial charge on any atom is 0.279 e. The second-order valence-corrected chi connectivity index (χ2v) is 6.70. The zero-order chi connectivity index (χ0) is 20.5. The Morgan fingerprint density at radius 3 is 2.29 bits per heavy atom. The van der Waals surface area contributed by atoms with Gasteiger partial charge in [-0.3, -0.25) is 20.4 Å². The third-order valence-electron chi connectivity index (χ3n) is 4.51. The van der Waals surface area contributed by atoms with E-state index < -0.39 is 17.9 Å². The molecule has 0 fully saturated rings. The minimum Gasteiger partial charge on any atom is -0.483 e. The van der Waals surface area contributed by atoms with Gasteiger partial charge in [0.2, 0.25) is 0 Å². The lowest BCUT2D eigenvalue weighted by Gasteiger charge is -2.17. The van der Waals surface area contributed by atoms with Crippen molar-refractivity contribution in [2.24, 2.45) is 0 Å². The van der Waals surface area contributed by atoms with Gasteiger partial charge in [0.25, 0.3) is 11.8 Å². The lowest BCUT2D eigenvalue weighted by atomic mass is 9.98. The standard InChI is InChI=1S/C22H28N2O4/c1-5-15(2)18-11-7-9-13-20(18)27-14-21(25)23-24-22(26)17(4)28-19-12-8-6-10-16(19)3/h6-13,15,17H,5,14H2,1-4H3,(H,23,25)(H,24,26). The van der Waals surface area contributed by atoms with Gasteiger partial charge < -0.3 is 9.47 Å². The predicted octanol–water partition coefficient (Wildman–Crippen LogP) is 3.50. The molecule has 2 N–H and O–H groups in total. The van der Waals surface area contributed by atoms with Crippen LogP contribution in [0.3, 0.4) is 0 Å². The number of amides is 2. The first-order chi connectivity index (χ1) is 13.4. The van der Waals surface area contributed by atoms with E-state index in [2.05, 4.69) is 24.7 Å². The monoisotopic (exact) mass is 384 g/mol. The fraction of sp³-hybridized carbons (Fsp3) is 0.364. The molecule has 2 amide bonds. The van der Waals surface area contributed by atoms with E-state index in [0.717, 1.165) is 17.5 Å². The van der Waals surface area contributed by atoms with Crippen LogP contribution in [-0.4, -0.2) is 24.5 Å². The van der Waals surface area contributed by atoms with Crippen LogP contribution >= 0.6 is 0 Å². The quantitative estimate of drug-likeness (QED) is 0.683. The molecule has 0 aromatic heterocycles. The van der Waals surface area contributed by atoms with Gasteiger partial charge >= 0.3 is 0 Å². The summed E-state index contributed by atoms with van der Waals surface area (Å²) < 4.78 is 11.3.